The molecule has 0 aliphatic rings. The Bertz CT molecular complexity index is 445. The Labute approximate surface area is 95.2 Å². The lowest BCUT2D eigenvalue weighted by molar-refractivity contribution is 0.134. The third kappa shape index (κ3) is 3.22. The van der Waals surface area contributed by atoms with Gasteiger partial charge in [0.15, 0.2) is 0 Å². The molecule has 1 aromatic carbocycles. The van der Waals surface area contributed by atoms with Crippen molar-refractivity contribution in [3.63, 3.8) is 0 Å². The molecule has 0 spiro atoms. The lowest BCUT2D eigenvalue weighted by Crippen LogP contribution is -2.18. The van der Waals surface area contributed by atoms with E-state index in [2.05, 4.69) is 0 Å². The second-order valence-corrected chi connectivity index (χ2v) is 5.65. The van der Waals surface area contributed by atoms with Gasteiger partial charge in [-0.2, -0.15) is 0 Å². The van der Waals surface area contributed by atoms with Crippen LogP contribution in [-0.4, -0.2) is 22.9 Å². The Morgan fingerprint density at radius 1 is 1.47 bits per heavy atom. The lowest BCUT2D eigenvalue weighted by Gasteiger charge is -2.09. The summed E-state index contributed by atoms with van der Waals surface area (Å²) in [5.74, 6) is 0. The van der Waals surface area contributed by atoms with Crippen molar-refractivity contribution in [1.29, 1.82) is 0 Å². The standard InChI is InChI=1S/C9H12BClO3S/c1-2-14-6-7-4-3-5-8(9(7)10)15(11,12)13/h3-5H,2,6,10H2,1H3. The summed E-state index contributed by atoms with van der Waals surface area (Å²) < 4.78 is 27.6. The maximum atomic E-state index is 11.2. The van der Waals surface area contributed by atoms with Gasteiger partial charge in [0.2, 0.25) is 0 Å². The first-order valence-electron chi connectivity index (χ1n) is 4.57. The first-order chi connectivity index (χ1) is 6.96. The van der Waals surface area contributed by atoms with E-state index in [4.69, 9.17) is 15.4 Å². The van der Waals surface area contributed by atoms with E-state index >= 15 is 0 Å². The maximum absolute atomic E-state index is 11.2. The number of rotatable bonds is 4. The van der Waals surface area contributed by atoms with Crippen molar-refractivity contribution in [2.45, 2.75) is 18.4 Å². The molecule has 0 saturated carbocycles. The van der Waals surface area contributed by atoms with Gasteiger partial charge < -0.3 is 4.74 Å². The van der Waals surface area contributed by atoms with Crippen LogP contribution in [0.3, 0.4) is 0 Å². The van der Waals surface area contributed by atoms with Gasteiger partial charge in [0.05, 0.1) is 11.5 Å². The molecule has 0 radical (unpaired) electrons. The molecule has 0 bridgehead atoms. The average molecular weight is 247 g/mol. The summed E-state index contributed by atoms with van der Waals surface area (Å²) in [6.07, 6.45) is 0. The molecule has 0 amide bonds. The number of benzene rings is 1. The van der Waals surface area contributed by atoms with Gasteiger partial charge in [-0.3, -0.25) is 0 Å². The first kappa shape index (κ1) is 12.6. The lowest BCUT2D eigenvalue weighted by atomic mass is 9.91. The van der Waals surface area contributed by atoms with Crippen LogP contribution in [0.15, 0.2) is 23.1 Å². The fourth-order valence-electron chi connectivity index (χ4n) is 1.29. The topological polar surface area (TPSA) is 43.4 Å². The van der Waals surface area contributed by atoms with Crippen LogP contribution < -0.4 is 5.46 Å². The van der Waals surface area contributed by atoms with Gasteiger partial charge in [-0.1, -0.05) is 17.6 Å². The quantitative estimate of drug-likeness (QED) is 0.571. The summed E-state index contributed by atoms with van der Waals surface area (Å²) in [6, 6.07) is 4.99. The van der Waals surface area contributed by atoms with Crippen LogP contribution in [-0.2, 0) is 20.4 Å². The van der Waals surface area contributed by atoms with E-state index in [1.807, 2.05) is 13.0 Å². The molecule has 0 saturated heterocycles. The fourth-order valence-corrected chi connectivity index (χ4v) is 2.53. The van der Waals surface area contributed by atoms with Gasteiger partial charge in [0.1, 0.15) is 7.85 Å². The molecule has 0 N–H and O–H groups in total. The van der Waals surface area contributed by atoms with E-state index in [0.29, 0.717) is 18.7 Å². The van der Waals surface area contributed by atoms with E-state index in [0.717, 1.165) is 5.56 Å². The highest BCUT2D eigenvalue weighted by molar-refractivity contribution is 8.13. The SMILES string of the molecule is Bc1c(COCC)cccc1S(=O)(=O)Cl. The van der Waals surface area contributed by atoms with Gasteiger partial charge in [0, 0.05) is 17.3 Å². The molecule has 0 heterocycles. The molecular formula is C9H12BClO3S. The summed E-state index contributed by atoms with van der Waals surface area (Å²) in [5.41, 5.74) is 1.50. The van der Waals surface area contributed by atoms with E-state index in [9.17, 15) is 8.42 Å². The average Bonchev–Trinajstić information content (AvgIpc) is 2.14. The number of ether oxygens (including phenoxy) is 1. The molecule has 1 rings (SSSR count). The predicted octanol–water partition coefficient (Wildman–Crippen LogP) is 0.409. The minimum absolute atomic E-state index is 0.154. The summed E-state index contributed by atoms with van der Waals surface area (Å²) in [5, 5.41) is 0. The second kappa shape index (κ2) is 5.01. The van der Waals surface area contributed by atoms with Crippen molar-refractivity contribution >= 4 is 33.0 Å². The fraction of sp³-hybridized carbons (Fsp3) is 0.333. The molecule has 15 heavy (non-hydrogen) atoms. The van der Waals surface area contributed by atoms with Crippen LogP contribution in [0.4, 0.5) is 0 Å². The summed E-state index contributed by atoms with van der Waals surface area (Å²) in [7, 11) is 3.36. The maximum Gasteiger partial charge on any atom is 0.260 e. The van der Waals surface area contributed by atoms with Crippen molar-refractivity contribution in [2.75, 3.05) is 6.61 Å². The van der Waals surface area contributed by atoms with Gasteiger partial charge in [-0.05, 0) is 18.6 Å². The normalized spacial score (nSPS) is 11.6. The van der Waals surface area contributed by atoms with Crippen LogP contribution in [0, 0.1) is 0 Å². The molecule has 82 valence electrons. The van der Waals surface area contributed by atoms with Crippen molar-refractivity contribution < 1.29 is 13.2 Å². The Morgan fingerprint density at radius 3 is 2.67 bits per heavy atom. The largest absolute Gasteiger partial charge is 0.377 e. The van der Waals surface area contributed by atoms with E-state index in [1.165, 1.54) is 6.07 Å². The van der Waals surface area contributed by atoms with Crippen LogP contribution in [0.2, 0.25) is 0 Å². The smallest absolute Gasteiger partial charge is 0.260 e. The highest BCUT2D eigenvalue weighted by atomic mass is 35.7. The Morgan fingerprint density at radius 2 is 2.13 bits per heavy atom. The van der Waals surface area contributed by atoms with E-state index < -0.39 is 9.05 Å². The predicted molar refractivity (Wildman–Crippen MR) is 63.0 cm³/mol. The molecule has 0 atom stereocenters. The van der Waals surface area contributed by atoms with E-state index in [-0.39, 0.29) is 4.90 Å². The second-order valence-electron chi connectivity index (χ2n) is 3.12. The molecule has 0 aliphatic heterocycles. The monoisotopic (exact) mass is 246 g/mol. The molecular weight excluding hydrogens is 234 g/mol. The molecule has 0 aliphatic carbocycles. The molecule has 0 fully saturated rings. The molecule has 1 aromatic rings. The summed E-state index contributed by atoms with van der Waals surface area (Å²) in [6.45, 7) is 2.89. The zero-order valence-electron chi connectivity index (χ0n) is 8.66. The first-order valence-corrected chi connectivity index (χ1v) is 6.88. The van der Waals surface area contributed by atoms with E-state index in [1.54, 1.807) is 13.9 Å². The summed E-state index contributed by atoms with van der Waals surface area (Å²) >= 11 is 0. The van der Waals surface area contributed by atoms with Crippen LogP contribution in [0.5, 0.6) is 0 Å². The zero-order chi connectivity index (χ0) is 11.5. The highest BCUT2D eigenvalue weighted by Crippen LogP contribution is 2.13. The van der Waals surface area contributed by atoms with Crippen molar-refractivity contribution in [2.24, 2.45) is 0 Å². The Hall–Kier alpha value is -0.515. The number of halogens is 1. The van der Waals surface area contributed by atoms with Gasteiger partial charge in [-0.15, -0.1) is 0 Å². The Kier molecular flexibility index (Phi) is 4.19. The minimum atomic E-state index is -3.66. The Balaban J connectivity index is 3.12. The van der Waals surface area contributed by atoms with Crippen molar-refractivity contribution in [3.05, 3.63) is 23.8 Å². The third-order valence-electron chi connectivity index (χ3n) is 2.12. The van der Waals surface area contributed by atoms with Gasteiger partial charge in [0.25, 0.3) is 9.05 Å². The third-order valence-corrected chi connectivity index (χ3v) is 3.59. The van der Waals surface area contributed by atoms with Crippen LogP contribution in [0.1, 0.15) is 12.5 Å². The number of hydrogen-bond donors (Lipinski definition) is 0. The summed E-state index contributed by atoms with van der Waals surface area (Å²) in [4.78, 5) is 0.154. The van der Waals surface area contributed by atoms with Gasteiger partial charge >= 0.3 is 0 Å². The molecule has 3 nitrogen and oxygen atoms in total. The molecule has 0 aromatic heterocycles. The van der Waals surface area contributed by atoms with Crippen LogP contribution in [0.25, 0.3) is 0 Å². The van der Waals surface area contributed by atoms with Crippen molar-refractivity contribution in [1.82, 2.24) is 0 Å². The molecule has 6 heteroatoms. The highest BCUT2D eigenvalue weighted by Gasteiger charge is 2.14. The number of hydrogen-bond acceptors (Lipinski definition) is 3. The molecule has 0 unspecified atom stereocenters. The van der Waals surface area contributed by atoms with Crippen molar-refractivity contribution in [3.8, 4) is 0 Å². The zero-order valence-corrected chi connectivity index (χ0v) is 10.2. The van der Waals surface area contributed by atoms with Crippen LogP contribution >= 0.6 is 10.7 Å². The van der Waals surface area contributed by atoms with Gasteiger partial charge in [-0.25, -0.2) is 8.42 Å². The minimum Gasteiger partial charge on any atom is -0.377 e.